The van der Waals surface area contributed by atoms with Crippen molar-refractivity contribution in [3.8, 4) is 0 Å². The molecular weight excluding hydrogens is 274 g/mol. The van der Waals surface area contributed by atoms with Gasteiger partial charge >= 0.3 is 0 Å². The number of rotatable bonds is 2. The zero-order valence-electron chi connectivity index (χ0n) is 12.1. The summed E-state index contributed by atoms with van der Waals surface area (Å²) in [5.74, 6) is 0.910. The van der Waals surface area contributed by atoms with Gasteiger partial charge in [0, 0.05) is 26.4 Å². The third-order valence-corrected chi connectivity index (χ3v) is 5.08. The molecule has 0 aromatic carbocycles. The van der Waals surface area contributed by atoms with Crippen LogP contribution in [0.15, 0.2) is 0 Å². The summed E-state index contributed by atoms with van der Waals surface area (Å²) >= 11 is 6.05. The van der Waals surface area contributed by atoms with Gasteiger partial charge in [0.15, 0.2) is 0 Å². The van der Waals surface area contributed by atoms with Crippen LogP contribution in [0.2, 0.25) is 5.28 Å². The molecule has 110 valence electrons. The maximum absolute atomic E-state index is 12.5. The van der Waals surface area contributed by atoms with E-state index in [1.807, 2.05) is 16.5 Å². The third kappa shape index (κ3) is 2.71. The van der Waals surface area contributed by atoms with Gasteiger partial charge in [-0.15, -0.1) is 0 Å². The summed E-state index contributed by atoms with van der Waals surface area (Å²) in [4.78, 5) is 18.8. The molecule has 0 radical (unpaired) electrons. The number of halogens is 1. The van der Waals surface area contributed by atoms with Crippen molar-refractivity contribution < 1.29 is 4.79 Å². The zero-order valence-corrected chi connectivity index (χ0v) is 12.8. The molecule has 3 rings (SSSR count). The van der Waals surface area contributed by atoms with Gasteiger partial charge in [-0.2, -0.15) is 0 Å². The molecule has 0 bridgehead atoms. The molecule has 0 atom stereocenters. The number of carbonyl (C=O) groups is 1. The van der Waals surface area contributed by atoms with Crippen LogP contribution in [-0.2, 0) is 24.8 Å². The van der Waals surface area contributed by atoms with Crippen LogP contribution >= 0.6 is 11.6 Å². The predicted octanol–water partition coefficient (Wildman–Crippen LogP) is 2.93. The Morgan fingerprint density at radius 3 is 2.85 bits per heavy atom. The molecule has 0 spiro atoms. The smallest absolute Gasteiger partial charge is 0.223 e. The van der Waals surface area contributed by atoms with Crippen LogP contribution in [0, 0.1) is 5.92 Å². The van der Waals surface area contributed by atoms with Crippen molar-refractivity contribution in [3.63, 3.8) is 0 Å². The Balaban J connectivity index is 1.64. The molecule has 5 heteroatoms. The van der Waals surface area contributed by atoms with Crippen molar-refractivity contribution in [3.05, 3.63) is 16.7 Å². The van der Waals surface area contributed by atoms with Crippen LogP contribution in [0.4, 0.5) is 0 Å². The van der Waals surface area contributed by atoms with Gasteiger partial charge < -0.3 is 9.47 Å². The van der Waals surface area contributed by atoms with Crippen LogP contribution < -0.4 is 0 Å². The van der Waals surface area contributed by atoms with E-state index < -0.39 is 0 Å². The van der Waals surface area contributed by atoms with Crippen LogP contribution in [0.25, 0.3) is 0 Å². The minimum Gasteiger partial charge on any atom is -0.336 e. The summed E-state index contributed by atoms with van der Waals surface area (Å²) in [6.45, 7) is 1.45. The summed E-state index contributed by atoms with van der Waals surface area (Å²) in [6.07, 6.45) is 7.92. The number of amides is 1. The highest BCUT2D eigenvalue weighted by Gasteiger charge is 2.27. The van der Waals surface area contributed by atoms with Crippen molar-refractivity contribution in [2.24, 2.45) is 13.0 Å². The Morgan fingerprint density at radius 1 is 1.35 bits per heavy atom. The first-order valence-corrected chi connectivity index (χ1v) is 8.00. The van der Waals surface area contributed by atoms with Crippen LogP contribution in [-0.4, -0.2) is 26.9 Å². The fraction of sp³-hybridized carbons (Fsp3) is 0.733. The minimum absolute atomic E-state index is 0.305. The largest absolute Gasteiger partial charge is 0.336 e. The number of nitrogens with zero attached hydrogens (tertiary/aromatic N) is 3. The van der Waals surface area contributed by atoms with E-state index in [0.29, 0.717) is 23.7 Å². The summed E-state index contributed by atoms with van der Waals surface area (Å²) < 4.78 is 1.90. The molecule has 1 saturated carbocycles. The first kappa shape index (κ1) is 13.9. The Labute approximate surface area is 125 Å². The van der Waals surface area contributed by atoms with Crippen molar-refractivity contribution in [1.29, 1.82) is 0 Å². The molecule has 1 fully saturated rings. The number of carbonyl (C=O) groups excluding carboxylic acids is 1. The average molecular weight is 296 g/mol. The molecule has 4 nitrogen and oxygen atoms in total. The van der Waals surface area contributed by atoms with E-state index in [9.17, 15) is 4.79 Å². The molecule has 1 aromatic rings. The first-order chi connectivity index (χ1) is 9.65. The maximum atomic E-state index is 12.5. The van der Waals surface area contributed by atoms with Gasteiger partial charge in [0.25, 0.3) is 0 Å². The van der Waals surface area contributed by atoms with E-state index in [1.54, 1.807) is 0 Å². The topological polar surface area (TPSA) is 38.1 Å². The van der Waals surface area contributed by atoms with Crippen LogP contribution in [0.5, 0.6) is 0 Å². The van der Waals surface area contributed by atoms with Crippen molar-refractivity contribution in [1.82, 2.24) is 14.5 Å². The Kier molecular flexibility index (Phi) is 4.01. The number of hydrogen-bond acceptors (Lipinski definition) is 2. The van der Waals surface area contributed by atoms with Gasteiger partial charge in [-0.3, -0.25) is 4.79 Å². The zero-order chi connectivity index (χ0) is 14.1. The lowest BCUT2D eigenvalue weighted by Gasteiger charge is -2.29. The second kappa shape index (κ2) is 5.76. The summed E-state index contributed by atoms with van der Waals surface area (Å²) in [5, 5.41) is 0.525. The van der Waals surface area contributed by atoms with Crippen molar-refractivity contribution in [2.75, 3.05) is 6.54 Å². The highest BCUT2D eigenvalue weighted by Crippen LogP contribution is 2.28. The lowest BCUT2D eigenvalue weighted by atomic mass is 9.86. The summed E-state index contributed by atoms with van der Waals surface area (Å²) in [5.41, 5.74) is 2.15. The normalized spacial score (nSPS) is 20.0. The quantitative estimate of drug-likeness (QED) is 0.841. The van der Waals surface area contributed by atoms with Crippen LogP contribution in [0.1, 0.15) is 49.9 Å². The maximum Gasteiger partial charge on any atom is 0.223 e. The fourth-order valence-electron chi connectivity index (χ4n) is 3.43. The van der Waals surface area contributed by atoms with E-state index in [1.165, 1.54) is 32.1 Å². The molecule has 20 heavy (non-hydrogen) atoms. The SMILES string of the molecule is Cn1c(Cl)nc2c1CN(C(=O)CC1CCCCC1)CC2. The molecule has 1 aromatic heterocycles. The van der Waals surface area contributed by atoms with Gasteiger partial charge in [0.05, 0.1) is 17.9 Å². The third-order valence-electron chi connectivity index (χ3n) is 4.74. The van der Waals surface area contributed by atoms with Gasteiger partial charge in [0.2, 0.25) is 11.2 Å². The average Bonchev–Trinajstić information content (AvgIpc) is 2.75. The van der Waals surface area contributed by atoms with Crippen molar-refractivity contribution in [2.45, 2.75) is 51.5 Å². The van der Waals surface area contributed by atoms with E-state index >= 15 is 0 Å². The molecular formula is C15H22ClN3O. The van der Waals surface area contributed by atoms with Gasteiger partial charge in [-0.05, 0) is 30.4 Å². The number of hydrogen-bond donors (Lipinski definition) is 0. The standard InChI is InChI=1S/C15H22ClN3O/c1-18-13-10-19(8-7-12(13)17-15(18)16)14(20)9-11-5-3-2-4-6-11/h11H,2-10H2,1H3. The van der Waals surface area contributed by atoms with Crippen LogP contribution in [0.3, 0.4) is 0 Å². The Hall–Kier alpha value is -1.03. The monoisotopic (exact) mass is 295 g/mol. The number of aromatic nitrogens is 2. The molecule has 0 unspecified atom stereocenters. The van der Waals surface area contributed by atoms with Crippen molar-refractivity contribution >= 4 is 17.5 Å². The summed E-state index contributed by atoms with van der Waals surface area (Å²) in [7, 11) is 1.92. The molecule has 1 aliphatic carbocycles. The molecule has 0 saturated heterocycles. The molecule has 0 N–H and O–H groups in total. The minimum atomic E-state index is 0.305. The fourth-order valence-corrected chi connectivity index (χ4v) is 3.64. The Morgan fingerprint density at radius 2 is 2.10 bits per heavy atom. The van der Waals surface area contributed by atoms with Gasteiger partial charge in [-0.1, -0.05) is 19.3 Å². The molecule has 1 aliphatic heterocycles. The number of fused-ring (bicyclic) bond motifs is 1. The highest BCUT2D eigenvalue weighted by molar-refractivity contribution is 6.28. The molecule has 1 amide bonds. The molecule has 2 aliphatic rings. The summed E-state index contributed by atoms with van der Waals surface area (Å²) in [6, 6.07) is 0. The van der Waals surface area contributed by atoms with E-state index in [0.717, 1.165) is 30.8 Å². The first-order valence-electron chi connectivity index (χ1n) is 7.63. The lowest BCUT2D eigenvalue weighted by molar-refractivity contribution is -0.133. The Bertz CT molecular complexity index is 505. The predicted molar refractivity (Wildman–Crippen MR) is 78.5 cm³/mol. The highest BCUT2D eigenvalue weighted by atomic mass is 35.5. The number of imidazole rings is 1. The lowest BCUT2D eigenvalue weighted by Crippen LogP contribution is -2.37. The molecule has 2 heterocycles. The second-order valence-corrected chi connectivity index (χ2v) is 6.44. The van der Waals surface area contributed by atoms with Gasteiger partial charge in [0.1, 0.15) is 0 Å². The second-order valence-electron chi connectivity index (χ2n) is 6.11. The van der Waals surface area contributed by atoms with Gasteiger partial charge in [-0.25, -0.2) is 4.98 Å². The van der Waals surface area contributed by atoms with E-state index in [-0.39, 0.29) is 0 Å². The van der Waals surface area contributed by atoms with E-state index in [4.69, 9.17) is 11.6 Å². The van der Waals surface area contributed by atoms with E-state index in [2.05, 4.69) is 4.98 Å².